The van der Waals surface area contributed by atoms with Gasteiger partial charge in [-0.3, -0.25) is 0 Å². The molecular formula is C17H22N2. The van der Waals surface area contributed by atoms with Crippen LogP contribution in [0.4, 0.5) is 17.1 Å². The average molecular weight is 254 g/mol. The first-order chi connectivity index (χ1) is 9.22. The van der Waals surface area contributed by atoms with E-state index in [4.69, 9.17) is 5.73 Å². The first-order valence-corrected chi connectivity index (χ1v) is 6.91. The molecule has 2 aromatic carbocycles. The predicted molar refractivity (Wildman–Crippen MR) is 83.9 cm³/mol. The Morgan fingerprint density at radius 1 is 1.05 bits per heavy atom. The molecule has 2 rings (SSSR count). The third-order valence-corrected chi connectivity index (χ3v) is 3.28. The summed E-state index contributed by atoms with van der Waals surface area (Å²) in [4.78, 5) is 2.31. The fourth-order valence-electron chi connectivity index (χ4n) is 2.20. The lowest BCUT2D eigenvalue weighted by molar-refractivity contribution is 0.786. The summed E-state index contributed by atoms with van der Waals surface area (Å²) in [6, 6.07) is 16.7. The molecule has 2 N–H and O–H groups in total. The summed E-state index contributed by atoms with van der Waals surface area (Å²) in [5.41, 5.74) is 10.5. The maximum Gasteiger partial charge on any atom is 0.0647 e. The SMILES string of the molecule is CCCCN(c1ccccc1)c1cc(C)ccc1N. The van der Waals surface area contributed by atoms with Crippen molar-refractivity contribution in [2.45, 2.75) is 26.7 Å². The molecule has 0 atom stereocenters. The lowest BCUT2D eigenvalue weighted by Crippen LogP contribution is -2.19. The van der Waals surface area contributed by atoms with E-state index >= 15 is 0 Å². The maximum absolute atomic E-state index is 6.16. The largest absolute Gasteiger partial charge is 0.397 e. The van der Waals surface area contributed by atoms with Crippen LogP contribution in [0.5, 0.6) is 0 Å². The molecule has 0 heterocycles. The van der Waals surface area contributed by atoms with Crippen molar-refractivity contribution in [1.29, 1.82) is 0 Å². The van der Waals surface area contributed by atoms with Gasteiger partial charge in [0.2, 0.25) is 0 Å². The van der Waals surface area contributed by atoms with E-state index in [2.05, 4.69) is 55.1 Å². The van der Waals surface area contributed by atoms with Crippen LogP contribution in [0.15, 0.2) is 48.5 Å². The second-order valence-electron chi connectivity index (χ2n) is 4.90. The van der Waals surface area contributed by atoms with Gasteiger partial charge in [0.25, 0.3) is 0 Å². The van der Waals surface area contributed by atoms with E-state index < -0.39 is 0 Å². The summed E-state index contributed by atoms with van der Waals surface area (Å²) in [7, 11) is 0. The minimum Gasteiger partial charge on any atom is -0.397 e. The molecule has 2 aromatic rings. The van der Waals surface area contributed by atoms with Gasteiger partial charge in [0.05, 0.1) is 11.4 Å². The van der Waals surface area contributed by atoms with Crippen LogP contribution >= 0.6 is 0 Å². The van der Waals surface area contributed by atoms with Crippen LogP contribution < -0.4 is 10.6 Å². The zero-order valence-electron chi connectivity index (χ0n) is 11.8. The summed E-state index contributed by atoms with van der Waals surface area (Å²) in [5, 5.41) is 0. The van der Waals surface area contributed by atoms with Crippen LogP contribution in [0.3, 0.4) is 0 Å². The fourth-order valence-corrected chi connectivity index (χ4v) is 2.20. The van der Waals surface area contributed by atoms with Gasteiger partial charge in [-0.1, -0.05) is 37.6 Å². The highest BCUT2D eigenvalue weighted by molar-refractivity contribution is 5.75. The molecule has 0 unspecified atom stereocenters. The van der Waals surface area contributed by atoms with Crippen molar-refractivity contribution in [1.82, 2.24) is 0 Å². The topological polar surface area (TPSA) is 29.3 Å². The highest BCUT2D eigenvalue weighted by Crippen LogP contribution is 2.31. The van der Waals surface area contributed by atoms with Gasteiger partial charge in [-0.25, -0.2) is 0 Å². The molecule has 0 saturated heterocycles. The zero-order valence-corrected chi connectivity index (χ0v) is 11.8. The van der Waals surface area contributed by atoms with Crippen molar-refractivity contribution < 1.29 is 0 Å². The molecule has 0 bridgehead atoms. The van der Waals surface area contributed by atoms with E-state index in [0.29, 0.717) is 0 Å². The molecule has 100 valence electrons. The molecule has 0 fully saturated rings. The van der Waals surface area contributed by atoms with Crippen LogP contribution in [-0.2, 0) is 0 Å². The van der Waals surface area contributed by atoms with Crippen molar-refractivity contribution in [2.75, 3.05) is 17.2 Å². The Labute approximate surface area is 115 Å². The Morgan fingerprint density at radius 3 is 2.47 bits per heavy atom. The maximum atomic E-state index is 6.16. The van der Waals surface area contributed by atoms with Crippen LogP contribution in [0.1, 0.15) is 25.3 Å². The van der Waals surface area contributed by atoms with E-state index in [1.54, 1.807) is 0 Å². The molecule has 0 saturated carbocycles. The van der Waals surface area contributed by atoms with Gasteiger partial charge in [-0.05, 0) is 43.2 Å². The molecule has 0 spiro atoms. The van der Waals surface area contributed by atoms with Crippen molar-refractivity contribution in [3.8, 4) is 0 Å². The number of hydrogen-bond acceptors (Lipinski definition) is 2. The number of anilines is 3. The Morgan fingerprint density at radius 2 is 1.79 bits per heavy atom. The van der Waals surface area contributed by atoms with Crippen LogP contribution in [0.25, 0.3) is 0 Å². The molecular weight excluding hydrogens is 232 g/mol. The van der Waals surface area contributed by atoms with Crippen LogP contribution in [0, 0.1) is 6.92 Å². The number of benzene rings is 2. The standard InChI is InChI=1S/C17H22N2/c1-3-4-12-19(15-8-6-5-7-9-15)17-13-14(2)10-11-16(17)18/h5-11,13H,3-4,12,18H2,1-2H3. The van der Waals surface area contributed by atoms with Crippen molar-refractivity contribution in [3.05, 3.63) is 54.1 Å². The average Bonchev–Trinajstić information content (AvgIpc) is 2.44. The van der Waals surface area contributed by atoms with E-state index in [-0.39, 0.29) is 0 Å². The first kappa shape index (κ1) is 13.5. The van der Waals surface area contributed by atoms with Gasteiger partial charge < -0.3 is 10.6 Å². The number of nitrogen functional groups attached to an aromatic ring is 1. The van der Waals surface area contributed by atoms with E-state index in [0.717, 1.165) is 24.3 Å². The van der Waals surface area contributed by atoms with Gasteiger partial charge in [-0.15, -0.1) is 0 Å². The summed E-state index contributed by atoms with van der Waals surface area (Å²) in [6.07, 6.45) is 2.33. The van der Waals surface area contributed by atoms with Crippen molar-refractivity contribution in [2.24, 2.45) is 0 Å². The number of nitrogens with two attached hydrogens (primary N) is 1. The molecule has 2 heteroatoms. The third-order valence-electron chi connectivity index (χ3n) is 3.28. The molecule has 0 aliphatic rings. The third kappa shape index (κ3) is 3.28. The summed E-state index contributed by atoms with van der Waals surface area (Å²) in [6.45, 7) is 5.31. The summed E-state index contributed by atoms with van der Waals surface area (Å²) in [5.74, 6) is 0. The number of hydrogen-bond donors (Lipinski definition) is 1. The molecule has 0 aliphatic heterocycles. The lowest BCUT2D eigenvalue weighted by atomic mass is 10.1. The molecule has 19 heavy (non-hydrogen) atoms. The van der Waals surface area contributed by atoms with E-state index in [9.17, 15) is 0 Å². The van der Waals surface area contributed by atoms with Gasteiger partial charge in [0.15, 0.2) is 0 Å². The second kappa shape index (κ2) is 6.28. The van der Waals surface area contributed by atoms with Crippen LogP contribution in [0.2, 0.25) is 0 Å². The number of nitrogens with zero attached hydrogens (tertiary/aromatic N) is 1. The van der Waals surface area contributed by atoms with Gasteiger partial charge in [-0.2, -0.15) is 0 Å². The van der Waals surface area contributed by atoms with E-state index in [1.807, 2.05) is 12.1 Å². The second-order valence-corrected chi connectivity index (χ2v) is 4.90. The predicted octanol–water partition coefficient (Wildman–Crippen LogP) is 4.52. The normalized spacial score (nSPS) is 10.4. The van der Waals surface area contributed by atoms with Gasteiger partial charge in [0.1, 0.15) is 0 Å². The summed E-state index contributed by atoms with van der Waals surface area (Å²) >= 11 is 0. The molecule has 0 amide bonds. The molecule has 0 aliphatic carbocycles. The van der Waals surface area contributed by atoms with Crippen molar-refractivity contribution in [3.63, 3.8) is 0 Å². The minimum absolute atomic E-state index is 0.838. The number of aryl methyl sites for hydroxylation is 1. The molecule has 2 nitrogen and oxygen atoms in total. The Hall–Kier alpha value is -1.96. The Bertz CT molecular complexity index is 520. The van der Waals surface area contributed by atoms with Crippen LogP contribution in [-0.4, -0.2) is 6.54 Å². The lowest BCUT2D eigenvalue weighted by Gasteiger charge is -2.26. The summed E-state index contributed by atoms with van der Waals surface area (Å²) < 4.78 is 0. The molecule has 0 radical (unpaired) electrons. The highest BCUT2D eigenvalue weighted by atomic mass is 15.1. The first-order valence-electron chi connectivity index (χ1n) is 6.91. The number of unbranched alkanes of at least 4 members (excludes halogenated alkanes) is 1. The van der Waals surface area contributed by atoms with Crippen molar-refractivity contribution >= 4 is 17.1 Å². The van der Waals surface area contributed by atoms with Gasteiger partial charge >= 0.3 is 0 Å². The smallest absolute Gasteiger partial charge is 0.0647 e. The highest BCUT2D eigenvalue weighted by Gasteiger charge is 2.11. The van der Waals surface area contributed by atoms with E-state index in [1.165, 1.54) is 17.7 Å². The minimum atomic E-state index is 0.838. The Kier molecular flexibility index (Phi) is 4.45. The van der Waals surface area contributed by atoms with Gasteiger partial charge in [0, 0.05) is 12.2 Å². The zero-order chi connectivity index (χ0) is 13.7. The number of rotatable bonds is 5. The fraction of sp³-hybridized carbons (Fsp3) is 0.294. The number of para-hydroxylation sites is 1. The Balaban J connectivity index is 2.40. The monoisotopic (exact) mass is 254 g/mol. The molecule has 0 aromatic heterocycles. The quantitative estimate of drug-likeness (QED) is 0.795.